The molecule has 1 aliphatic rings. The van der Waals surface area contributed by atoms with E-state index in [0.717, 1.165) is 37.9 Å². The maximum Gasteiger partial charge on any atom is 0.252 e. The van der Waals surface area contributed by atoms with Crippen LogP contribution in [0.25, 0.3) is 0 Å². The number of aliphatic hydroxyl groups is 1. The Morgan fingerprint density at radius 3 is 2.71 bits per heavy atom. The molecule has 1 heterocycles. The summed E-state index contributed by atoms with van der Waals surface area (Å²) in [6.07, 6.45) is 5.18. The molecule has 0 unspecified atom stereocenters. The molecule has 1 aliphatic carbocycles. The van der Waals surface area contributed by atoms with E-state index in [0.29, 0.717) is 25.0 Å². The summed E-state index contributed by atoms with van der Waals surface area (Å²) in [6.45, 7) is 2.70. The number of aliphatic hydroxyl groups excluding tert-OH is 1. The van der Waals surface area contributed by atoms with E-state index in [-0.39, 0.29) is 6.10 Å². The predicted molar refractivity (Wildman–Crippen MR) is 61.3 cm³/mol. The van der Waals surface area contributed by atoms with Gasteiger partial charge in [0.25, 0.3) is 5.89 Å². The highest BCUT2D eigenvalue weighted by molar-refractivity contribution is 4.84. The number of nitrogens with zero attached hydrogens (tertiary/aromatic N) is 2. The molecule has 0 saturated heterocycles. The van der Waals surface area contributed by atoms with Crippen LogP contribution < -0.4 is 0 Å². The lowest BCUT2D eigenvalue weighted by Crippen LogP contribution is -2.23. The Balaban J connectivity index is 1.72. The quantitative estimate of drug-likeness (QED) is 0.848. The molecule has 1 aromatic heterocycles. The van der Waals surface area contributed by atoms with Crippen molar-refractivity contribution in [3.05, 3.63) is 11.7 Å². The second-order valence-corrected chi connectivity index (χ2v) is 4.59. The van der Waals surface area contributed by atoms with Gasteiger partial charge < -0.3 is 14.4 Å². The van der Waals surface area contributed by atoms with Crippen LogP contribution in [0.4, 0.5) is 0 Å². The zero-order valence-corrected chi connectivity index (χ0v) is 10.3. The normalized spacial score (nSPS) is 25.1. The summed E-state index contributed by atoms with van der Waals surface area (Å²) in [5.74, 6) is 1.75. The van der Waals surface area contributed by atoms with Gasteiger partial charge in [0.2, 0.25) is 0 Å². The van der Waals surface area contributed by atoms with Crippen molar-refractivity contribution in [2.45, 2.75) is 51.7 Å². The lowest BCUT2D eigenvalue weighted by molar-refractivity contribution is -0.00903. The number of hydrogen-bond donors (Lipinski definition) is 1. The molecule has 1 fully saturated rings. The van der Waals surface area contributed by atoms with Gasteiger partial charge in [-0.25, -0.2) is 0 Å². The van der Waals surface area contributed by atoms with Crippen LogP contribution in [0.1, 0.15) is 44.3 Å². The van der Waals surface area contributed by atoms with E-state index in [4.69, 9.17) is 14.4 Å². The number of ether oxygens (including phenoxy) is 1. The van der Waals surface area contributed by atoms with Gasteiger partial charge in [-0.3, -0.25) is 0 Å². The Morgan fingerprint density at radius 2 is 2.12 bits per heavy atom. The van der Waals surface area contributed by atoms with Gasteiger partial charge in [0.05, 0.1) is 6.10 Å². The summed E-state index contributed by atoms with van der Waals surface area (Å²) >= 11 is 0. The maximum atomic E-state index is 9.04. The highest BCUT2D eigenvalue weighted by atomic mass is 16.5. The zero-order chi connectivity index (χ0) is 12.1. The van der Waals surface area contributed by atoms with Gasteiger partial charge in [-0.2, -0.15) is 4.98 Å². The minimum atomic E-state index is 0.273. The van der Waals surface area contributed by atoms with Crippen molar-refractivity contribution in [3.63, 3.8) is 0 Å². The molecule has 1 aromatic rings. The largest absolute Gasteiger partial charge is 0.396 e. The molecule has 1 N–H and O–H groups in total. The molecule has 17 heavy (non-hydrogen) atoms. The SMILES string of the molecule is CCc1noc(COC2CCC(CO)CC2)n1. The van der Waals surface area contributed by atoms with Crippen LogP contribution in [0.2, 0.25) is 0 Å². The predicted octanol–water partition coefficient (Wildman–Crippen LogP) is 1.70. The van der Waals surface area contributed by atoms with Gasteiger partial charge in [-0.1, -0.05) is 12.1 Å². The Morgan fingerprint density at radius 1 is 1.35 bits per heavy atom. The molecular weight excluding hydrogens is 220 g/mol. The van der Waals surface area contributed by atoms with Gasteiger partial charge in [0.15, 0.2) is 5.82 Å². The van der Waals surface area contributed by atoms with Crippen molar-refractivity contribution in [3.8, 4) is 0 Å². The van der Waals surface area contributed by atoms with E-state index >= 15 is 0 Å². The topological polar surface area (TPSA) is 68.4 Å². The van der Waals surface area contributed by atoms with Crippen molar-refractivity contribution in [2.24, 2.45) is 5.92 Å². The Labute approximate surface area is 101 Å². The smallest absolute Gasteiger partial charge is 0.252 e. The van der Waals surface area contributed by atoms with Gasteiger partial charge in [0.1, 0.15) is 6.61 Å². The van der Waals surface area contributed by atoms with Crippen LogP contribution in [0.3, 0.4) is 0 Å². The maximum absolute atomic E-state index is 9.04. The van der Waals surface area contributed by atoms with Crippen molar-refractivity contribution in [2.75, 3.05) is 6.61 Å². The molecule has 5 heteroatoms. The van der Waals surface area contributed by atoms with E-state index in [9.17, 15) is 0 Å². The molecule has 0 aromatic carbocycles. The monoisotopic (exact) mass is 240 g/mol. The third-order valence-corrected chi connectivity index (χ3v) is 3.32. The fourth-order valence-electron chi connectivity index (χ4n) is 2.16. The van der Waals surface area contributed by atoms with E-state index < -0.39 is 0 Å². The first-order chi connectivity index (χ1) is 8.31. The molecule has 0 radical (unpaired) electrons. The fraction of sp³-hybridized carbons (Fsp3) is 0.833. The Hall–Kier alpha value is -0.940. The minimum Gasteiger partial charge on any atom is -0.396 e. The standard InChI is InChI=1S/C12H20N2O3/c1-2-11-13-12(17-14-11)8-16-10-5-3-9(7-15)4-6-10/h9-10,15H,2-8H2,1H3. The average molecular weight is 240 g/mol. The lowest BCUT2D eigenvalue weighted by atomic mass is 9.88. The van der Waals surface area contributed by atoms with E-state index in [2.05, 4.69) is 10.1 Å². The van der Waals surface area contributed by atoms with Gasteiger partial charge in [-0.15, -0.1) is 0 Å². The third kappa shape index (κ3) is 3.51. The van der Waals surface area contributed by atoms with Gasteiger partial charge >= 0.3 is 0 Å². The first kappa shape index (κ1) is 12.5. The lowest BCUT2D eigenvalue weighted by Gasteiger charge is -2.26. The van der Waals surface area contributed by atoms with Crippen LogP contribution >= 0.6 is 0 Å². The van der Waals surface area contributed by atoms with Crippen molar-refractivity contribution in [1.82, 2.24) is 10.1 Å². The van der Waals surface area contributed by atoms with Crippen LogP contribution in [0.5, 0.6) is 0 Å². The fourth-order valence-corrected chi connectivity index (χ4v) is 2.16. The zero-order valence-electron chi connectivity index (χ0n) is 10.3. The van der Waals surface area contributed by atoms with Crippen molar-refractivity contribution >= 4 is 0 Å². The first-order valence-corrected chi connectivity index (χ1v) is 6.35. The molecule has 0 atom stereocenters. The molecule has 2 rings (SSSR count). The number of hydrogen-bond acceptors (Lipinski definition) is 5. The summed E-state index contributed by atoms with van der Waals surface area (Å²) in [6, 6.07) is 0. The molecule has 0 bridgehead atoms. The number of aromatic nitrogens is 2. The summed E-state index contributed by atoms with van der Waals surface area (Å²) in [7, 11) is 0. The van der Waals surface area contributed by atoms with Crippen LogP contribution in [-0.4, -0.2) is 28.0 Å². The van der Waals surface area contributed by atoms with Crippen molar-refractivity contribution < 1.29 is 14.4 Å². The highest BCUT2D eigenvalue weighted by Crippen LogP contribution is 2.26. The van der Waals surface area contributed by atoms with E-state index in [1.165, 1.54) is 0 Å². The summed E-state index contributed by atoms with van der Waals surface area (Å²) < 4.78 is 10.8. The molecular formula is C12H20N2O3. The molecule has 0 aliphatic heterocycles. The Bertz CT molecular complexity index is 332. The second-order valence-electron chi connectivity index (χ2n) is 4.59. The van der Waals surface area contributed by atoms with Crippen LogP contribution in [0.15, 0.2) is 4.52 Å². The second kappa shape index (κ2) is 6.12. The third-order valence-electron chi connectivity index (χ3n) is 3.32. The first-order valence-electron chi connectivity index (χ1n) is 6.35. The van der Waals surface area contributed by atoms with Crippen molar-refractivity contribution in [1.29, 1.82) is 0 Å². The summed E-state index contributed by atoms with van der Waals surface area (Å²) in [4.78, 5) is 4.20. The molecule has 5 nitrogen and oxygen atoms in total. The number of aryl methyl sites for hydroxylation is 1. The highest BCUT2D eigenvalue weighted by Gasteiger charge is 2.21. The molecule has 1 saturated carbocycles. The van der Waals surface area contributed by atoms with Gasteiger partial charge in [-0.05, 0) is 31.6 Å². The average Bonchev–Trinajstić information content (AvgIpc) is 2.85. The van der Waals surface area contributed by atoms with Crippen LogP contribution in [-0.2, 0) is 17.8 Å². The minimum absolute atomic E-state index is 0.273. The summed E-state index contributed by atoms with van der Waals surface area (Å²) in [5.41, 5.74) is 0. The van der Waals surface area contributed by atoms with Crippen LogP contribution in [0, 0.1) is 5.92 Å². The number of rotatable bonds is 5. The van der Waals surface area contributed by atoms with Gasteiger partial charge in [0, 0.05) is 13.0 Å². The van der Waals surface area contributed by atoms with E-state index in [1.807, 2.05) is 6.92 Å². The molecule has 0 spiro atoms. The van der Waals surface area contributed by atoms with E-state index in [1.54, 1.807) is 0 Å². The summed E-state index contributed by atoms with van der Waals surface area (Å²) in [5, 5.41) is 12.9. The molecule has 0 amide bonds. The molecule has 96 valence electrons. The Kier molecular flexibility index (Phi) is 4.50.